The maximum Gasteiger partial charge on any atom is 0.130 e. The number of methoxy groups -OCH3 is 2. The molecule has 1 heterocycles. The van der Waals surface area contributed by atoms with Gasteiger partial charge in [-0.1, -0.05) is 6.07 Å². The first-order valence-electron chi connectivity index (χ1n) is 4.53. The summed E-state index contributed by atoms with van der Waals surface area (Å²) in [5, 5.41) is 5.17. The van der Waals surface area contributed by atoms with Crippen molar-refractivity contribution in [1.29, 1.82) is 0 Å². The Labute approximate surface area is 93.1 Å². The van der Waals surface area contributed by atoms with Crippen LogP contribution >= 0.6 is 11.3 Å². The van der Waals surface area contributed by atoms with E-state index in [2.05, 4.69) is 5.38 Å². The molecule has 0 N–H and O–H groups in total. The molecule has 2 aromatic rings. The number of ether oxygens (including phenoxy) is 2. The summed E-state index contributed by atoms with van der Waals surface area (Å²) in [7, 11) is 3.31. The molecule has 0 unspecified atom stereocenters. The van der Waals surface area contributed by atoms with Gasteiger partial charge in [-0.05, 0) is 23.6 Å². The summed E-state index contributed by atoms with van der Waals surface area (Å²) >= 11 is 1.54. The fourth-order valence-electron chi connectivity index (χ4n) is 1.48. The van der Waals surface area contributed by atoms with Crippen LogP contribution in [0, 0.1) is 5.38 Å². The summed E-state index contributed by atoms with van der Waals surface area (Å²) in [6.45, 7) is 0. The molecule has 0 aliphatic heterocycles. The van der Waals surface area contributed by atoms with Gasteiger partial charge in [-0.25, -0.2) is 0 Å². The molecule has 0 aliphatic carbocycles. The van der Waals surface area contributed by atoms with Crippen LogP contribution in [-0.2, 0) is 0 Å². The molecule has 1 radical (unpaired) electrons. The van der Waals surface area contributed by atoms with Crippen molar-refractivity contribution in [3.8, 4) is 22.6 Å². The maximum atomic E-state index is 5.32. The van der Waals surface area contributed by atoms with E-state index in [1.165, 1.54) is 11.3 Å². The molecule has 0 amide bonds. The average molecular weight is 219 g/mol. The van der Waals surface area contributed by atoms with E-state index in [1.807, 2.05) is 29.6 Å². The highest BCUT2D eigenvalue weighted by atomic mass is 32.1. The number of benzene rings is 1. The van der Waals surface area contributed by atoms with Gasteiger partial charge in [0, 0.05) is 5.56 Å². The summed E-state index contributed by atoms with van der Waals surface area (Å²) < 4.78 is 10.6. The number of thiophene rings is 1. The van der Waals surface area contributed by atoms with Crippen LogP contribution in [0.25, 0.3) is 11.1 Å². The van der Waals surface area contributed by atoms with E-state index in [-0.39, 0.29) is 0 Å². The van der Waals surface area contributed by atoms with Gasteiger partial charge in [-0.2, -0.15) is 0 Å². The Morgan fingerprint density at radius 1 is 1.07 bits per heavy atom. The van der Waals surface area contributed by atoms with Crippen LogP contribution in [0.15, 0.2) is 29.6 Å². The molecule has 0 fully saturated rings. The average Bonchev–Trinajstić information content (AvgIpc) is 2.81. The molecule has 3 heteroatoms. The van der Waals surface area contributed by atoms with Crippen LogP contribution in [-0.4, -0.2) is 14.2 Å². The molecule has 0 spiro atoms. The lowest BCUT2D eigenvalue weighted by atomic mass is 10.1. The van der Waals surface area contributed by atoms with E-state index >= 15 is 0 Å². The van der Waals surface area contributed by atoms with E-state index in [1.54, 1.807) is 14.2 Å². The zero-order valence-corrected chi connectivity index (χ0v) is 9.43. The highest BCUT2D eigenvalue weighted by Gasteiger charge is 2.12. The Balaban J connectivity index is 2.61. The van der Waals surface area contributed by atoms with Gasteiger partial charge in [0.05, 0.1) is 25.2 Å². The second-order valence-electron chi connectivity index (χ2n) is 2.97. The van der Waals surface area contributed by atoms with Crippen LogP contribution < -0.4 is 9.47 Å². The second kappa shape index (κ2) is 4.36. The van der Waals surface area contributed by atoms with Gasteiger partial charge in [0.2, 0.25) is 0 Å². The molecule has 15 heavy (non-hydrogen) atoms. The Bertz CT molecular complexity index is 413. The topological polar surface area (TPSA) is 18.5 Å². The van der Waals surface area contributed by atoms with Gasteiger partial charge in [0.15, 0.2) is 0 Å². The maximum absolute atomic E-state index is 5.32. The first-order valence-corrected chi connectivity index (χ1v) is 5.41. The molecule has 0 atom stereocenters. The van der Waals surface area contributed by atoms with E-state index < -0.39 is 0 Å². The van der Waals surface area contributed by atoms with Crippen molar-refractivity contribution in [2.75, 3.05) is 14.2 Å². The third kappa shape index (κ3) is 1.83. The van der Waals surface area contributed by atoms with Gasteiger partial charge >= 0.3 is 0 Å². The number of hydrogen-bond acceptors (Lipinski definition) is 3. The van der Waals surface area contributed by atoms with Crippen molar-refractivity contribution < 1.29 is 9.47 Å². The van der Waals surface area contributed by atoms with Crippen molar-refractivity contribution in [2.45, 2.75) is 0 Å². The fraction of sp³-hybridized carbons (Fsp3) is 0.167. The predicted octanol–water partition coefficient (Wildman–Crippen LogP) is 3.23. The van der Waals surface area contributed by atoms with Crippen molar-refractivity contribution in [3.05, 3.63) is 35.0 Å². The third-order valence-electron chi connectivity index (χ3n) is 2.17. The normalized spacial score (nSPS) is 10.0. The number of hydrogen-bond donors (Lipinski definition) is 0. The van der Waals surface area contributed by atoms with Gasteiger partial charge < -0.3 is 9.47 Å². The summed E-state index contributed by atoms with van der Waals surface area (Å²) in [5.74, 6) is 1.62. The SMILES string of the molecule is COc1cccc(OC)c1-c1[c]scc1. The lowest BCUT2D eigenvalue weighted by molar-refractivity contribution is 0.397. The second-order valence-corrected chi connectivity index (χ2v) is 3.69. The Kier molecular flexibility index (Phi) is 2.92. The van der Waals surface area contributed by atoms with E-state index in [0.717, 1.165) is 22.6 Å². The van der Waals surface area contributed by atoms with E-state index in [4.69, 9.17) is 9.47 Å². The highest BCUT2D eigenvalue weighted by molar-refractivity contribution is 7.07. The Morgan fingerprint density at radius 3 is 2.20 bits per heavy atom. The lowest BCUT2D eigenvalue weighted by Crippen LogP contribution is -1.91. The van der Waals surface area contributed by atoms with Crippen molar-refractivity contribution in [2.24, 2.45) is 0 Å². The lowest BCUT2D eigenvalue weighted by Gasteiger charge is -2.11. The fourth-order valence-corrected chi connectivity index (χ4v) is 2.05. The largest absolute Gasteiger partial charge is 0.496 e. The predicted molar refractivity (Wildman–Crippen MR) is 61.7 cm³/mol. The summed E-state index contributed by atoms with van der Waals surface area (Å²) in [4.78, 5) is 0. The van der Waals surface area contributed by atoms with Gasteiger partial charge in [-0.3, -0.25) is 0 Å². The number of rotatable bonds is 3. The smallest absolute Gasteiger partial charge is 0.130 e. The van der Waals surface area contributed by atoms with Gasteiger partial charge in [0.1, 0.15) is 11.5 Å². The molecule has 0 aliphatic rings. The molecule has 0 saturated carbocycles. The summed E-state index contributed by atoms with van der Waals surface area (Å²) in [6, 6.07) is 7.76. The standard InChI is InChI=1S/C12H11O2S/c1-13-10-4-3-5-11(14-2)12(10)9-6-7-15-8-9/h3-7H,1-2H3. The molecule has 0 bridgehead atoms. The first kappa shape index (κ1) is 10.1. The highest BCUT2D eigenvalue weighted by Crippen LogP contribution is 2.38. The van der Waals surface area contributed by atoms with Crippen LogP contribution in [0.4, 0.5) is 0 Å². The molecule has 77 valence electrons. The molecule has 2 nitrogen and oxygen atoms in total. The van der Waals surface area contributed by atoms with Crippen molar-refractivity contribution in [3.63, 3.8) is 0 Å². The zero-order chi connectivity index (χ0) is 10.7. The Morgan fingerprint density at radius 2 is 1.73 bits per heavy atom. The molecule has 1 aromatic heterocycles. The minimum Gasteiger partial charge on any atom is -0.496 e. The first-order chi connectivity index (χ1) is 7.36. The van der Waals surface area contributed by atoms with E-state index in [0.29, 0.717) is 0 Å². The molecular weight excluding hydrogens is 208 g/mol. The van der Waals surface area contributed by atoms with Crippen molar-refractivity contribution >= 4 is 11.3 Å². The van der Waals surface area contributed by atoms with Gasteiger partial charge in [0.25, 0.3) is 0 Å². The minimum absolute atomic E-state index is 0.809. The van der Waals surface area contributed by atoms with Gasteiger partial charge in [-0.15, -0.1) is 11.3 Å². The van der Waals surface area contributed by atoms with Crippen molar-refractivity contribution in [1.82, 2.24) is 0 Å². The molecular formula is C12H11O2S. The van der Waals surface area contributed by atoms with Crippen LogP contribution in [0.3, 0.4) is 0 Å². The summed E-state index contributed by atoms with van der Waals surface area (Å²) in [5.41, 5.74) is 1.97. The minimum atomic E-state index is 0.809. The molecule has 0 saturated heterocycles. The molecule has 1 aromatic carbocycles. The quantitative estimate of drug-likeness (QED) is 0.789. The van der Waals surface area contributed by atoms with E-state index in [9.17, 15) is 0 Å². The Hall–Kier alpha value is -1.48. The van der Waals surface area contributed by atoms with Crippen LogP contribution in [0.2, 0.25) is 0 Å². The van der Waals surface area contributed by atoms with Crippen LogP contribution in [0.5, 0.6) is 11.5 Å². The van der Waals surface area contributed by atoms with Crippen LogP contribution in [0.1, 0.15) is 0 Å². The third-order valence-corrected chi connectivity index (χ3v) is 2.78. The summed E-state index contributed by atoms with van der Waals surface area (Å²) in [6.07, 6.45) is 0. The zero-order valence-electron chi connectivity index (χ0n) is 8.61. The monoisotopic (exact) mass is 219 g/mol. The molecule has 2 rings (SSSR count).